The number of phosphoric ester groups is 1. The Hall–Kier alpha value is -0.0500. The van der Waals surface area contributed by atoms with Crippen molar-refractivity contribution >= 4 is 7.82 Å². The van der Waals surface area contributed by atoms with E-state index in [-0.39, 0.29) is 19.5 Å². The summed E-state index contributed by atoms with van der Waals surface area (Å²) in [6, 6.07) is 0. The van der Waals surface area contributed by atoms with Gasteiger partial charge in [0.1, 0.15) is 0 Å². The van der Waals surface area contributed by atoms with Crippen molar-refractivity contribution < 1.29 is 37.8 Å². The first-order chi connectivity index (χ1) is 9.58. The molecule has 8 nitrogen and oxygen atoms in total. The molecule has 120 valence electrons. The molecule has 1 saturated heterocycles. The minimum atomic E-state index is -4.39. The van der Waals surface area contributed by atoms with Crippen molar-refractivity contribution in [3.63, 3.8) is 0 Å². The highest BCUT2D eigenvalue weighted by Gasteiger charge is 2.13. The van der Waals surface area contributed by atoms with Gasteiger partial charge in [-0.1, -0.05) is 0 Å². The molecule has 0 amide bonds. The van der Waals surface area contributed by atoms with E-state index in [2.05, 4.69) is 4.52 Å². The standard InChI is InChI=1S/C11H23O8P/c12-20(13,14)19-10-8-16-6-5-15-7-9-18-11-3-1-2-4-17-11/h11H,1-10H2,(H2,12,13,14). The minimum Gasteiger partial charge on any atom is -0.377 e. The topological polar surface area (TPSA) is 104 Å². The van der Waals surface area contributed by atoms with E-state index in [1.54, 1.807) is 0 Å². The van der Waals surface area contributed by atoms with E-state index in [1.807, 2.05) is 0 Å². The second-order valence-electron chi connectivity index (χ2n) is 4.22. The Kier molecular flexibility index (Phi) is 9.58. The zero-order valence-electron chi connectivity index (χ0n) is 11.4. The fourth-order valence-corrected chi connectivity index (χ4v) is 1.93. The van der Waals surface area contributed by atoms with Crippen molar-refractivity contribution in [2.45, 2.75) is 25.6 Å². The third kappa shape index (κ3) is 10.7. The van der Waals surface area contributed by atoms with E-state index in [4.69, 9.17) is 28.7 Å². The lowest BCUT2D eigenvalue weighted by Crippen LogP contribution is -2.24. The van der Waals surface area contributed by atoms with Crippen LogP contribution in [-0.2, 0) is 28.0 Å². The van der Waals surface area contributed by atoms with Crippen molar-refractivity contribution in [1.82, 2.24) is 0 Å². The van der Waals surface area contributed by atoms with Crippen LogP contribution < -0.4 is 0 Å². The molecule has 0 bridgehead atoms. The van der Waals surface area contributed by atoms with Gasteiger partial charge in [-0.2, -0.15) is 0 Å². The van der Waals surface area contributed by atoms with Crippen LogP contribution in [0.25, 0.3) is 0 Å². The number of ether oxygens (including phenoxy) is 4. The van der Waals surface area contributed by atoms with Crippen LogP contribution in [0.15, 0.2) is 0 Å². The molecule has 20 heavy (non-hydrogen) atoms. The fourth-order valence-electron chi connectivity index (χ4n) is 1.62. The summed E-state index contributed by atoms with van der Waals surface area (Å²) in [6.07, 6.45) is 3.06. The summed E-state index contributed by atoms with van der Waals surface area (Å²) < 4.78 is 35.8. The summed E-state index contributed by atoms with van der Waals surface area (Å²) >= 11 is 0. The van der Waals surface area contributed by atoms with Crippen molar-refractivity contribution in [2.75, 3.05) is 46.2 Å². The third-order valence-electron chi connectivity index (χ3n) is 2.53. The van der Waals surface area contributed by atoms with Crippen LogP contribution in [0.2, 0.25) is 0 Å². The van der Waals surface area contributed by atoms with Crippen molar-refractivity contribution in [2.24, 2.45) is 0 Å². The van der Waals surface area contributed by atoms with E-state index < -0.39 is 7.82 Å². The molecule has 0 saturated carbocycles. The van der Waals surface area contributed by atoms with Gasteiger partial charge in [0, 0.05) is 6.61 Å². The van der Waals surface area contributed by atoms with Crippen LogP contribution in [0.5, 0.6) is 0 Å². The molecule has 1 rings (SSSR count). The summed E-state index contributed by atoms with van der Waals surface area (Å²) in [5.74, 6) is 0. The smallest absolute Gasteiger partial charge is 0.377 e. The van der Waals surface area contributed by atoms with Crippen LogP contribution in [0.1, 0.15) is 19.3 Å². The second-order valence-corrected chi connectivity index (χ2v) is 5.45. The molecular weight excluding hydrogens is 291 g/mol. The summed E-state index contributed by atoms with van der Waals surface area (Å²) in [4.78, 5) is 16.8. The average molecular weight is 314 g/mol. The molecule has 1 fully saturated rings. The van der Waals surface area contributed by atoms with Crippen molar-refractivity contribution in [3.05, 3.63) is 0 Å². The number of rotatable bonds is 11. The first kappa shape index (κ1) is 18.0. The highest BCUT2D eigenvalue weighted by Crippen LogP contribution is 2.35. The van der Waals surface area contributed by atoms with Gasteiger partial charge in [-0.05, 0) is 19.3 Å². The molecule has 0 spiro atoms. The van der Waals surface area contributed by atoms with Gasteiger partial charge in [0.2, 0.25) is 0 Å². The lowest BCUT2D eigenvalue weighted by Gasteiger charge is -2.22. The Morgan fingerprint density at radius 2 is 1.65 bits per heavy atom. The molecule has 0 aliphatic carbocycles. The summed E-state index contributed by atoms with van der Waals surface area (Å²) in [6.45, 7) is 2.40. The van der Waals surface area contributed by atoms with E-state index in [0.29, 0.717) is 26.4 Å². The maximum Gasteiger partial charge on any atom is 0.469 e. The highest BCUT2D eigenvalue weighted by molar-refractivity contribution is 7.46. The van der Waals surface area contributed by atoms with Crippen LogP contribution in [0.3, 0.4) is 0 Å². The highest BCUT2D eigenvalue weighted by atomic mass is 31.2. The van der Waals surface area contributed by atoms with Crippen LogP contribution >= 0.6 is 7.82 Å². The zero-order valence-corrected chi connectivity index (χ0v) is 12.3. The monoisotopic (exact) mass is 314 g/mol. The Morgan fingerprint density at radius 3 is 2.25 bits per heavy atom. The average Bonchev–Trinajstić information content (AvgIpc) is 2.41. The second kappa shape index (κ2) is 10.6. The molecule has 1 aliphatic heterocycles. The van der Waals surface area contributed by atoms with Crippen LogP contribution in [0, 0.1) is 0 Å². The van der Waals surface area contributed by atoms with Crippen molar-refractivity contribution in [1.29, 1.82) is 0 Å². The van der Waals surface area contributed by atoms with Gasteiger partial charge < -0.3 is 28.7 Å². The van der Waals surface area contributed by atoms with E-state index in [0.717, 1.165) is 25.9 Å². The Balaban J connectivity index is 1.77. The van der Waals surface area contributed by atoms with Gasteiger partial charge in [0.25, 0.3) is 0 Å². The summed E-state index contributed by atoms with van der Waals surface area (Å²) in [7, 11) is -4.39. The lowest BCUT2D eigenvalue weighted by molar-refractivity contribution is -0.169. The van der Waals surface area contributed by atoms with Gasteiger partial charge in [0.05, 0.1) is 39.6 Å². The normalized spacial score (nSPS) is 20.2. The predicted octanol–water partition coefficient (Wildman–Crippen LogP) is 0.672. The molecule has 0 aromatic heterocycles. The van der Waals surface area contributed by atoms with Gasteiger partial charge >= 0.3 is 7.82 Å². The first-order valence-corrected chi connectivity index (χ1v) is 8.20. The Bertz CT molecular complexity index is 276. The van der Waals surface area contributed by atoms with E-state index in [1.165, 1.54) is 0 Å². The maximum atomic E-state index is 10.3. The number of hydrogen-bond donors (Lipinski definition) is 2. The molecule has 0 aromatic rings. The molecule has 9 heteroatoms. The van der Waals surface area contributed by atoms with Crippen LogP contribution in [0.4, 0.5) is 0 Å². The van der Waals surface area contributed by atoms with Gasteiger partial charge in [-0.25, -0.2) is 4.57 Å². The van der Waals surface area contributed by atoms with Crippen molar-refractivity contribution in [3.8, 4) is 0 Å². The zero-order chi connectivity index (χ0) is 14.7. The molecular formula is C11H23O8P. The predicted molar refractivity (Wildman–Crippen MR) is 69.2 cm³/mol. The largest absolute Gasteiger partial charge is 0.469 e. The van der Waals surface area contributed by atoms with E-state index >= 15 is 0 Å². The summed E-state index contributed by atoms with van der Waals surface area (Å²) in [5, 5.41) is 0. The summed E-state index contributed by atoms with van der Waals surface area (Å²) in [5.41, 5.74) is 0. The first-order valence-electron chi connectivity index (χ1n) is 6.67. The van der Waals surface area contributed by atoms with Gasteiger partial charge in [0.15, 0.2) is 6.29 Å². The molecule has 0 aromatic carbocycles. The third-order valence-corrected chi connectivity index (χ3v) is 3.05. The molecule has 0 radical (unpaired) electrons. The molecule has 1 heterocycles. The Labute approximate surface area is 118 Å². The number of phosphoric acid groups is 1. The quantitative estimate of drug-likeness (QED) is 0.424. The van der Waals surface area contributed by atoms with E-state index in [9.17, 15) is 4.57 Å². The Morgan fingerprint density at radius 1 is 1.00 bits per heavy atom. The van der Waals surface area contributed by atoms with Gasteiger partial charge in [-0.15, -0.1) is 0 Å². The van der Waals surface area contributed by atoms with Crippen LogP contribution in [-0.4, -0.2) is 62.3 Å². The van der Waals surface area contributed by atoms with Gasteiger partial charge in [-0.3, -0.25) is 4.52 Å². The maximum absolute atomic E-state index is 10.3. The SMILES string of the molecule is O=P(O)(O)OCCOCCOCCOC1CCCCO1. The molecule has 1 atom stereocenters. The molecule has 1 unspecified atom stereocenters. The minimum absolute atomic E-state index is 0.103. The molecule has 2 N–H and O–H groups in total. The molecule has 1 aliphatic rings. The fraction of sp³-hybridized carbons (Fsp3) is 1.00. The number of hydrogen-bond acceptors (Lipinski definition) is 6. The lowest BCUT2D eigenvalue weighted by atomic mass is 10.2.